The van der Waals surface area contributed by atoms with E-state index in [0.29, 0.717) is 5.92 Å². The molecule has 34 heavy (non-hydrogen) atoms. The summed E-state index contributed by atoms with van der Waals surface area (Å²) in [5, 5.41) is 3.29. The number of likely N-dealkylation sites (tertiary alicyclic amines) is 1. The number of amides is 1. The van der Waals surface area contributed by atoms with Crippen LogP contribution in [0.5, 0.6) is 11.5 Å². The molecule has 1 saturated carbocycles. The maximum absolute atomic E-state index is 12.8. The Morgan fingerprint density at radius 1 is 1.15 bits per heavy atom. The fourth-order valence-corrected chi connectivity index (χ4v) is 5.79. The molecule has 5 heteroatoms. The van der Waals surface area contributed by atoms with E-state index in [2.05, 4.69) is 35.0 Å². The van der Waals surface area contributed by atoms with Crippen molar-refractivity contribution in [3.8, 4) is 11.5 Å². The van der Waals surface area contributed by atoms with Gasteiger partial charge in [0.05, 0.1) is 14.2 Å². The summed E-state index contributed by atoms with van der Waals surface area (Å²) < 4.78 is 10.8. The van der Waals surface area contributed by atoms with Crippen molar-refractivity contribution in [2.24, 2.45) is 5.92 Å². The van der Waals surface area contributed by atoms with Gasteiger partial charge in [0.1, 0.15) is 11.5 Å². The first-order chi connectivity index (χ1) is 16.6. The lowest BCUT2D eigenvalue weighted by atomic mass is 9.58. The fraction of sp³-hybridized carbons (Fsp3) is 0.414. The van der Waals surface area contributed by atoms with Crippen LogP contribution < -0.4 is 14.8 Å². The molecule has 3 atom stereocenters. The standard InChI is InChI=1S/C29H36N2O3/c1-4-16-31-17-15-29(23-8-6-10-27(19-23)34-3)20-25(13-12-24(29)21-31)30-28(32)14-11-22-7-5-9-26(18-22)33-2/h4-11,14,18-19,24-25H,1,12-13,15-17,20-21H2,2-3H3,(H,30,32)/b14-11+. The van der Waals surface area contributed by atoms with Crippen LogP contribution in [0.15, 0.2) is 67.3 Å². The first-order valence-corrected chi connectivity index (χ1v) is 12.2. The quantitative estimate of drug-likeness (QED) is 0.453. The largest absolute Gasteiger partial charge is 0.497 e. The molecule has 1 saturated heterocycles. The molecule has 2 aliphatic rings. The highest BCUT2D eigenvalue weighted by molar-refractivity contribution is 5.92. The molecule has 0 spiro atoms. The monoisotopic (exact) mass is 460 g/mol. The second-order valence-corrected chi connectivity index (χ2v) is 9.48. The summed E-state index contributed by atoms with van der Waals surface area (Å²) in [6, 6.07) is 16.4. The molecule has 1 amide bonds. The molecule has 180 valence electrons. The second-order valence-electron chi connectivity index (χ2n) is 9.48. The highest BCUT2D eigenvalue weighted by atomic mass is 16.5. The first kappa shape index (κ1) is 24.1. The number of rotatable bonds is 8. The van der Waals surface area contributed by atoms with Gasteiger partial charge in [-0.2, -0.15) is 0 Å². The molecule has 2 aromatic carbocycles. The third-order valence-corrected chi connectivity index (χ3v) is 7.51. The predicted molar refractivity (Wildman–Crippen MR) is 137 cm³/mol. The second kappa shape index (κ2) is 10.9. The van der Waals surface area contributed by atoms with E-state index in [1.54, 1.807) is 20.3 Å². The molecular weight excluding hydrogens is 424 g/mol. The van der Waals surface area contributed by atoms with E-state index < -0.39 is 0 Å². The Labute approximate surface area is 203 Å². The molecule has 1 heterocycles. The van der Waals surface area contributed by atoms with Crippen LogP contribution in [-0.2, 0) is 10.2 Å². The van der Waals surface area contributed by atoms with E-state index in [1.165, 1.54) is 5.56 Å². The molecular formula is C29H36N2O3. The van der Waals surface area contributed by atoms with Gasteiger partial charge >= 0.3 is 0 Å². The average molecular weight is 461 g/mol. The molecule has 3 unspecified atom stereocenters. The smallest absolute Gasteiger partial charge is 0.244 e. The van der Waals surface area contributed by atoms with Crippen LogP contribution in [0.1, 0.15) is 36.8 Å². The Morgan fingerprint density at radius 3 is 2.68 bits per heavy atom. The van der Waals surface area contributed by atoms with Crippen molar-refractivity contribution < 1.29 is 14.3 Å². The third kappa shape index (κ3) is 5.36. The Morgan fingerprint density at radius 2 is 1.91 bits per heavy atom. The summed E-state index contributed by atoms with van der Waals surface area (Å²) in [7, 11) is 3.37. The summed E-state index contributed by atoms with van der Waals surface area (Å²) in [5.41, 5.74) is 2.32. The molecule has 4 rings (SSSR count). The maximum Gasteiger partial charge on any atom is 0.244 e. The summed E-state index contributed by atoms with van der Waals surface area (Å²) in [4.78, 5) is 15.3. The number of nitrogens with one attached hydrogen (secondary N) is 1. The van der Waals surface area contributed by atoms with Gasteiger partial charge in [0.15, 0.2) is 0 Å². The molecule has 2 aromatic rings. The zero-order valence-corrected chi connectivity index (χ0v) is 20.3. The minimum atomic E-state index is -0.0452. The van der Waals surface area contributed by atoms with E-state index in [0.717, 1.165) is 62.4 Å². The van der Waals surface area contributed by atoms with E-state index >= 15 is 0 Å². The molecule has 1 aliphatic heterocycles. The van der Waals surface area contributed by atoms with Crippen molar-refractivity contribution in [1.29, 1.82) is 0 Å². The summed E-state index contributed by atoms with van der Waals surface area (Å²) >= 11 is 0. The highest BCUT2D eigenvalue weighted by Gasteiger charge is 2.48. The predicted octanol–water partition coefficient (Wildman–Crippen LogP) is 4.83. The number of hydrogen-bond acceptors (Lipinski definition) is 4. The van der Waals surface area contributed by atoms with Crippen molar-refractivity contribution in [2.45, 2.75) is 37.1 Å². The Bertz CT molecular complexity index is 1030. The number of carbonyl (C=O) groups is 1. The Balaban J connectivity index is 1.50. The zero-order chi connectivity index (χ0) is 24.0. The van der Waals surface area contributed by atoms with Gasteiger partial charge in [0.25, 0.3) is 0 Å². The first-order valence-electron chi connectivity index (χ1n) is 12.2. The van der Waals surface area contributed by atoms with Crippen molar-refractivity contribution >= 4 is 12.0 Å². The maximum atomic E-state index is 12.8. The lowest BCUT2D eigenvalue weighted by Gasteiger charge is -2.53. The van der Waals surface area contributed by atoms with Gasteiger partial charge in [-0.3, -0.25) is 9.69 Å². The number of piperidine rings is 1. The van der Waals surface area contributed by atoms with Crippen molar-refractivity contribution in [3.63, 3.8) is 0 Å². The fourth-order valence-electron chi connectivity index (χ4n) is 5.79. The number of benzene rings is 2. The lowest BCUT2D eigenvalue weighted by molar-refractivity contribution is -0.117. The molecule has 0 bridgehead atoms. The number of fused-ring (bicyclic) bond motifs is 1. The van der Waals surface area contributed by atoms with Gasteiger partial charge in [-0.15, -0.1) is 6.58 Å². The SMILES string of the molecule is C=CCN1CCC2(c3cccc(OC)c3)CC(NC(=O)/C=C/c3cccc(OC)c3)CCC2C1. The number of carbonyl (C=O) groups excluding carboxylic acids is 1. The third-order valence-electron chi connectivity index (χ3n) is 7.51. The minimum Gasteiger partial charge on any atom is -0.497 e. The van der Waals surface area contributed by atoms with Crippen LogP contribution >= 0.6 is 0 Å². The van der Waals surface area contributed by atoms with Gasteiger partial charge in [-0.25, -0.2) is 0 Å². The minimum absolute atomic E-state index is 0.0406. The van der Waals surface area contributed by atoms with Crippen LogP contribution in [0.25, 0.3) is 6.08 Å². The number of ether oxygens (including phenoxy) is 2. The van der Waals surface area contributed by atoms with Crippen LogP contribution in [0, 0.1) is 5.92 Å². The highest BCUT2D eigenvalue weighted by Crippen LogP contribution is 2.49. The van der Waals surface area contributed by atoms with Crippen molar-refractivity contribution in [1.82, 2.24) is 10.2 Å². The summed E-state index contributed by atoms with van der Waals surface area (Å²) in [6.07, 6.45) is 9.59. The normalized spacial score (nSPS) is 24.9. The molecule has 0 aromatic heterocycles. The van der Waals surface area contributed by atoms with Crippen LogP contribution in [-0.4, -0.2) is 50.7 Å². The van der Waals surface area contributed by atoms with Crippen molar-refractivity contribution in [2.75, 3.05) is 33.9 Å². The topological polar surface area (TPSA) is 50.8 Å². The Hall–Kier alpha value is -3.05. The molecule has 1 N–H and O–H groups in total. The van der Waals surface area contributed by atoms with E-state index in [-0.39, 0.29) is 17.4 Å². The van der Waals surface area contributed by atoms with Gasteiger partial charge in [-0.1, -0.05) is 30.3 Å². The summed E-state index contributed by atoms with van der Waals surface area (Å²) in [6.45, 7) is 6.97. The zero-order valence-electron chi connectivity index (χ0n) is 20.3. The lowest BCUT2D eigenvalue weighted by Crippen LogP contribution is -2.56. The average Bonchev–Trinajstić information content (AvgIpc) is 2.88. The van der Waals surface area contributed by atoms with Gasteiger partial charge < -0.3 is 14.8 Å². The molecule has 2 fully saturated rings. The van der Waals surface area contributed by atoms with E-state index in [9.17, 15) is 4.79 Å². The van der Waals surface area contributed by atoms with Crippen molar-refractivity contribution in [3.05, 3.63) is 78.4 Å². The summed E-state index contributed by atoms with van der Waals surface area (Å²) in [5.74, 6) is 2.18. The Kier molecular flexibility index (Phi) is 7.73. The molecule has 0 radical (unpaired) electrons. The molecule has 5 nitrogen and oxygen atoms in total. The van der Waals surface area contributed by atoms with E-state index in [1.807, 2.05) is 42.5 Å². The van der Waals surface area contributed by atoms with E-state index in [4.69, 9.17) is 9.47 Å². The van der Waals surface area contributed by atoms with Gasteiger partial charge in [0, 0.05) is 30.6 Å². The van der Waals surface area contributed by atoms with Crippen LogP contribution in [0.2, 0.25) is 0 Å². The number of nitrogens with zero attached hydrogens (tertiary/aromatic N) is 1. The van der Waals surface area contributed by atoms with Gasteiger partial charge in [-0.05, 0) is 79.6 Å². The molecule has 1 aliphatic carbocycles. The van der Waals surface area contributed by atoms with Gasteiger partial charge in [0.2, 0.25) is 5.91 Å². The van der Waals surface area contributed by atoms with Crippen LogP contribution in [0.4, 0.5) is 0 Å². The van der Waals surface area contributed by atoms with Crippen LogP contribution in [0.3, 0.4) is 0 Å². The number of hydrogen-bond donors (Lipinski definition) is 1. The number of methoxy groups -OCH3 is 2.